The Morgan fingerprint density at radius 3 is 2.17 bits per heavy atom. The summed E-state index contributed by atoms with van der Waals surface area (Å²) >= 11 is 0. The molecule has 0 atom stereocenters. The van der Waals surface area contributed by atoms with Gasteiger partial charge in [0.15, 0.2) is 11.5 Å². The first-order valence-corrected chi connectivity index (χ1v) is 14.5. The van der Waals surface area contributed by atoms with Gasteiger partial charge in [-0.25, -0.2) is 4.79 Å². The molecule has 0 aromatic heterocycles. The van der Waals surface area contributed by atoms with E-state index in [1.807, 2.05) is 20.8 Å². The van der Waals surface area contributed by atoms with Crippen LogP contribution in [-0.2, 0) is 27.6 Å². The van der Waals surface area contributed by atoms with Gasteiger partial charge in [0.1, 0.15) is 0 Å². The topological polar surface area (TPSA) is 89.5 Å². The van der Waals surface area contributed by atoms with Gasteiger partial charge in [-0.15, -0.1) is 0 Å². The van der Waals surface area contributed by atoms with E-state index in [0.29, 0.717) is 49.9 Å². The number of benzene rings is 1. The van der Waals surface area contributed by atoms with Gasteiger partial charge in [0.05, 0.1) is 13.7 Å². The molecule has 35 heavy (non-hydrogen) atoms. The van der Waals surface area contributed by atoms with Crippen LogP contribution in [0.4, 0.5) is 0 Å². The Bertz CT molecular complexity index is 764. The highest BCUT2D eigenvalue weighted by Crippen LogP contribution is 2.30. The number of carbonyl (C=O) groups excluding carboxylic acids is 2. The molecule has 8 nitrogen and oxygen atoms in total. The molecular formula is C26H42O8Si. The molecule has 0 radical (unpaired) electrons. The third-order valence-electron chi connectivity index (χ3n) is 5.02. The lowest BCUT2D eigenvalue weighted by atomic mass is 10.2. The van der Waals surface area contributed by atoms with E-state index in [1.54, 1.807) is 24.3 Å². The van der Waals surface area contributed by atoms with Gasteiger partial charge in [0, 0.05) is 38.4 Å². The predicted octanol–water partition coefficient (Wildman–Crippen LogP) is 5.57. The van der Waals surface area contributed by atoms with Crippen LogP contribution in [0, 0.1) is 0 Å². The second-order valence-corrected chi connectivity index (χ2v) is 10.5. The minimum Gasteiger partial charge on any atom is -0.490 e. The number of hydrogen-bond acceptors (Lipinski definition) is 8. The second kappa shape index (κ2) is 18.1. The van der Waals surface area contributed by atoms with Crippen LogP contribution >= 0.6 is 0 Å². The third-order valence-corrected chi connectivity index (χ3v) is 8.17. The largest absolute Gasteiger partial charge is 0.500 e. The van der Waals surface area contributed by atoms with E-state index < -0.39 is 14.8 Å². The fourth-order valence-corrected chi connectivity index (χ4v) is 6.03. The van der Waals surface area contributed by atoms with Crippen LogP contribution in [0.15, 0.2) is 24.3 Å². The zero-order valence-electron chi connectivity index (χ0n) is 21.9. The second-order valence-electron chi connectivity index (χ2n) is 7.78. The van der Waals surface area contributed by atoms with E-state index in [2.05, 4.69) is 11.7 Å². The molecule has 1 rings (SSSR count). The summed E-state index contributed by atoms with van der Waals surface area (Å²) < 4.78 is 33.7. The van der Waals surface area contributed by atoms with Crippen molar-refractivity contribution in [3.05, 3.63) is 29.8 Å². The molecule has 198 valence electrons. The van der Waals surface area contributed by atoms with Crippen molar-refractivity contribution in [2.45, 2.75) is 72.3 Å². The van der Waals surface area contributed by atoms with E-state index in [9.17, 15) is 9.59 Å². The molecule has 0 unspecified atom stereocenters. The summed E-state index contributed by atoms with van der Waals surface area (Å²) in [5.41, 5.74) is 0.699. The number of hydrogen-bond donors (Lipinski definition) is 0. The molecule has 1 aromatic carbocycles. The average molecular weight is 511 g/mol. The summed E-state index contributed by atoms with van der Waals surface area (Å²) in [6.45, 7) is 10.1. The number of rotatable bonds is 19. The van der Waals surface area contributed by atoms with Crippen molar-refractivity contribution in [1.29, 1.82) is 0 Å². The summed E-state index contributed by atoms with van der Waals surface area (Å²) in [6, 6.07) is 5.95. The highest BCUT2D eigenvalue weighted by atomic mass is 28.4. The molecule has 1 aromatic rings. The van der Waals surface area contributed by atoms with Gasteiger partial charge in [-0.2, -0.15) is 0 Å². The molecule has 0 fully saturated rings. The molecule has 0 spiro atoms. The predicted molar refractivity (Wildman–Crippen MR) is 137 cm³/mol. The Balaban J connectivity index is 2.69. The van der Waals surface area contributed by atoms with E-state index >= 15 is 0 Å². The van der Waals surface area contributed by atoms with Crippen LogP contribution in [0.25, 0.3) is 6.08 Å². The molecular weight excluding hydrogens is 468 g/mol. The SMILES string of the molecule is CCCCOc1ccc(C=CC(=O)OC)cc1OC(=O)CCCCC[Si](OCC)(OCC)OCC. The molecule has 0 N–H and O–H groups in total. The molecule has 9 heteroatoms. The van der Waals surface area contributed by atoms with Crippen LogP contribution in [0.5, 0.6) is 11.5 Å². The van der Waals surface area contributed by atoms with Crippen molar-refractivity contribution in [2.75, 3.05) is 33.5 Å². The molecule has 0 aliphatic rings. The first kappa shape index (κ1) is 30.8. The fourth-order valence-electron chi connectivity index (χ4n) is 3.35. The van der Waals surface area contributed by atoms with Gasteiger partial charge in [0.2, 0.25) is 0 Å². The Labute approximate surface area is 211 Å². The number of esters is 2. The molecule has 0 aliphatic carbocycles. The lowest BCUT2D eigenvalue weighted by Crippen LogP contribution is -2.45. The molecule has 0 aliphatic heterocycles. The standard InChI is InChI=1S/C26H42O8Si/c1-6-10-19-30-23-17-15-22(16-18-25(27)29-5)21-24(23)34-26(28)14-12-11-13-20-35(31-7-2,32-8-3)33-9-4/h15-18,21H,6-14,19-20H2,1-5H3. The Morgan fingerprint density at radius 1 is 0.886 bits per heavy atom. The highest BCUT2D eigenvalue weighted by Gasteiger charge is 2.39. The number of carbonyl (C=O) groups is 2. The van der Waals surface area contributed by atoms with Crippen molar-refractivity contribution in [3.63, 3.8) is 0 Å². The molecule has 0 saturated carbocycles. The fraction of sp³-hybridized carbons (Fsp3) is 0.615. The normalized spacial score (nSPS) is 11.6. The van der Waals surface area contributed by atoms with Gasteiger partial charge in [-0.1, -0.05) is 25.8 Å². The Kier molecular flexibility index (Phi) is 16.0. The van der Waals surface area contributed by atoms with Crippen LogP contribution < -0.4 is 9.47 Å². The zero-order chi connectivity index (χ0) is 25.9. The number of unbranched alkanes of at least 4 members (excludes halogenated alkanes) is 3. The van der Waals surface area contributed by atoms with Crippen molar-refractivity contribution < 1.29 is 37.1 Å². The summed E-state index contributed by atoms with van der Waals surface area (Å²) in [4.78, 5) is 23.9. The Morgan fingerprint density at radius 2 is 1.57 bits per heavy atom. The quantitative estimate of drug-likeness (QED) is 0.0785. The lowest BCUT2D eigenvalue weighted by Gasteiger charge is -2.28. The van der Waals surface area contributed by atoms with Crippen molar-refractivity contribution in [3.8, 4) is 11.5 Å². The molecule has 0 bridgehead atoms. The minimum absolute atomic E-state index is 0.281. The smallest absolute Gasteiger partial charge is 0.490 e. The Hall–Kier alpha value is -2.20. The van der Waals surface area contributed by atoms with Gasteiger partial charge >= 0.3 is 20.7 Å². The van der Waals surface area contributed by atoms with Gasteiger partial charge in [-0.3, -0.25) is 4.79 Å². The van der Waals surface area contributed by atoms with Crippen LogP contribution in [0.1, 0.15) is 71.8 Å². The maximum Gasteiger partial charge on any atom is 0.500 e. The van der Waals surface area contributed by atoms with Crippen LogP contribution in [-0.4, -0.2) is 54.3 Å². The third kappa shape index (κ3) is 12.4. The van der Waals surface area contributed by atoms with E-state index in [0.717, 1.165) is 31.7 Å². The van der Waals surface area contributed by atoms with Crippen molar-refractivity contribution >= 4 is 26.8 Å². The summed E-state index contributed by atoms with van der Waals surface area (Å²) in [5.74, 6) is 0.0517. The maximum absolute atomic E-state index is 12.6. The minimum atomic E-state index is -2.65. The first-order chi connectivity index (χ1) is 16.9. The number of ether oxygens (including phenoxy) is 3. The monoisotopic (exact) mass is 510 g/mol. The molecule has 0 amide bonds. The maximum atomic E-state index is 12.6. The van der Waals surface area contributed by atoms with Crippen molar-refractivity contribution in [1.82, 2.24) is 0 Å². The van der Waals surface area contributed by atoms with Gasteiger partial charge in [-0.05, 0) is 63.8 Å². The van der Waals surface area contributed by atoms with Crippen LogP contribution in [0.3, 0.4) is 0 Å². The van der Waals surface area contributed by atoms with Gasteiger partial charge in [0.25, 0.3) is 0 Å². The first-order valence-electron chi connectivity index (χ1n) is 12.6. The highest BCUT2D eigenvalue weighted by molar-refractivity contribution is 6.60. The van der Waals surface area contributed by atoms with Crippen molar-refractivity contribution in [2.24, 2.45) is 0 Å². The summed E-state index contributed by atoms with van der Waals surface area (Å²) in [7, 11) is -1.34. The summed E-state index contributed by atoms with van der Waals surface area (Å²) in [5, 5.41) is 0. The van der Waals surface area contributed by atoms with Gasteiger partial charge < -0.3 is 27.5 Å². The van der Waals surface area contributed by atoms with E-state index in [1.165, 1.54) is 13.2 Å². The molecule has 0 heterocycles. The zero-order valence-corrected chi connectivity index (χ0v) is 22.9. The number of methoxy groups -OCH3 is 1. The van der Waals surface area contributed by atoms with E-state index in [-0.39, 0.29) is 12.4 Å². The molecule has 0 saturated heterocycles. The van der Waals surface area contributed by atoms with Crippen LogP contribution in [0.2, 0.25) is 6.04 Å². The average Bonchev–Trinajstić information content (AvgIpc) is 2.84. The van der Waals surface area contributed by atoms with E-state index in [4.69, 9.17) is 22.8 Å². The summed E-state index contributed by atoms with van der Waals surface area (Å²) in [6.07, 6.45) is 7.45. The lowest BCUT2D eigenvalue weighted by molar-refractivity contribution is -0.135.